The molecule has 0 radical (unpaired) electrons. The van der Waals surface area contributed by atoms with Crippen LogP contribution < -0.4 is 4.90 Å². The molecular formula is C20H20N2O. The van der Waals surface area contributed by atoms with Crippen LogP contribution in [0.25, 0.3) is 5.69 Å². The SMILES string of the molecule is Cc1cccc(-n2ccc([C@H]3OCCN3c3ccccc3)c2)c1. The molecule has 1 atom stereocenters. The van der Waals surface area contributed by atoms with Crippen molar-refractivity contribution >= 4 is 5.69 Å². The van der Waals surface area contributed by atoms with E-state index in [2.05, 4.69) is 83.4 Å². The third-order valence-corrected chi connectivity index (χ3v) is 4.28. The maximum atomic E-state index is 5.99. The summed E-state index contributed by atoms with van der Waals surface area (Å²) >= 11 is 0. The van der Waals surface area contributed by atoms with Crippen LogP contribution in [0.3, 0.4) is 0 Å². The maximum Gasteiger partial charge on any atom is 0.158 e. The lowest BCUT2D eigenvalue weighted by atomic mass is 10.2. The summed E-state index contributed by atoms with van der Waals surface area (Å²) in [5.74, 6) is 0. The van der Waals surface area contributed by atoms with Crippen LogP contribution in [-0.2, 0) is 4.74 Å². The molecule has 0 bridgehead atoms. The quantitative estimate of drug-likeness (QED) is 0.717. The van der Waals surface area contributed by atoms with Crippen LogP contribution in [0.1, 0.15) is 17.4 Å². The number of nitrogens with zero attached hydrogens (tertiary/aromatic N) is 2. The van der Waals surface area contributed by atoms with Gasteiger partial charge >= 0.3 is 0 Å². The largest absolute Gasteiger partial charge is 0.352 e. The summed E-state index contributed by atoms with van der Waals surface area (Å²) in [6.45, 7) is 3.80. The molecule has 116 valence electrons. The number of hydrogen-bond donors (Lipinski definition) is 0. The van der Waals surface area contributed by atoms with Gasteiger partial charge in [0.15, 0.2) is 6.23 Å². The van der Waals surface area contributed by atoms with Crippen molar-refractivity contribution in [2.45, 2.75) is 13.2 Å². The Morgan fingerprint density at radius 3 is 2.61 bits per heavy atom. The summed E-state index contributed by atoms with van der Waals surface area (Å²) in [7, 11) is 0. The Morgan fingerprint density at radius 2 is 1.78 bits per heavy atom. The van der Waals surface area contributed by atoms with Crippen molar-refractivity contribution in [1.82, 2.24) is 4.57 Å². The van der Waals surface area contributed by atoms with Crippen LogP contribution >= 0.6 is 0 Å². The van der Waals surface area contributed by atoms with Crippen molar-refractivity contribution in [3.05, 3.63) is 84.2 Å². The van der Waals surface area contributed by atoms with Gasteiger partial charge in [0.05, 0.1) is 6.61 Å². The Hall–Kier alpha value is -2.52. The highest BCUT2D eigenvalue weighted by molar-refractivity contribution is 5.49. The van der Waals surface area contributed by atoms with Gasteiger partial charge in [-0.15, -0.1) is 0 Å². The average Bonchev–Trinajstić information content (AvgIpc) is 3.25. The fourth-order valence-electron chi connectivity index (χ4n) is 3.14. The molecule has 3 nitrogen and oxygen atoms in total. The molecule has 0 N–H and O–H groups in total. The smallest absolute Gasteiger partial charge is 0.158 e. The van der Waals surface area contributed by atoms with Gasteiger partial charge in [-0.3, -0.25) is 0 Å². The summed E-state index contributed by atoms with van der Waals surface area (Å²) in [5, 5.41) is 0. The molecule has 1 fully saturated rings. The molecule has 2 aromatic carbocycles. The van der Waals surface area contributed by atoms with E-state index in [1.807, 2.05) is 6.07 Å². The zero-order valence-electron chi connectivity index (χ0n) is 13.2. The highest BCUT2D eigenvalue weighted by Gasteiger charge is 2.27. The number of para-hydroxylation sites is 1. The third-order valence-electron chi connectivity index (χ3n) is 4.28. The molecular weight excluding hydrogens is 284 g/mol. The molecule has 0 saturated carbocycles. The van der Waals surface area contributed by atoms with Crippen molar-refractivity contribution in [2.24, 2.45) is 0 Å². The molecule has 1 aromatic heterocycles. The van der Waals surface area contributed by atoms with Crippen molar-refractivity contribution in [2.75, 3.05) is 18.1 Å². The molecule has 0 aliphatic carbocycles. The van der Waals surface area contributed by atoms with Gasteiger partial charge in [-0.25, -0.2) is 0 Å². The van der Waals surface area contributed by atoms with E-state index in [4.69, 9.17) is 4.74 Å². The molecule has 23 heavy (non-hydrogen) atoms. The van der Waals surface area contributed by atoms with Gasteiger partial charge in [-0.2, -0.15) is 0 Å². The number of anilines is 1. The molecule has 4 rings (SSSR count). The van der Waals surface area contributed by atoms with Crippen LogP contribution in [0.4, 0.5) is 5.69 Å². The van der Waals surface area contributed by atoms with Gasteiger partial charge in [0, 0.05) is 35.9 Å². The van der Waals surface area contributed by atoms with Crippen molar-refractivity contribution < 1.29 is 4.74 Å². The lowest BCUT2D eigenvalue weighted by Crippen LogP contribution is -2.22. The second-order valence-electron chi connectivity index (χ2n) is 5.94. The van der Waals surface area contributed by atoms with Crippen LogP contribution in [0.2, 0.25) is 0 Å². The number of benzene rings is 2. The van der Waals surface area contributed by atoms with Gasteiger partial charge in [0.2, 0.25) is 0 Å². The van der Waals surface area contributed by atoms with Gasteiger partial charge in [0.1, 0.15) is 0 Å². The van der Waals surface area contributed by atoms with Crippen molar-refractivity contribution in [3.8, 4) is 5.69 Å². The first kappa shape index (κ1) is 14.1. The maximum absolute atomic E-state index is 5.99. The van der Waals surface area contributed by atoms with Gasteiger partial charge in [-0.1, -0.05) is 30.3 Å². The monoisotopic (exact) mass is 304 g/mol. The average molecular weight is 304 g/mol. The van der Waals surface area contributed by atoms with E-state index < -0.39 is 0 Å². The van der Waals surface area contributed by atoms with Crippen molar-refractivity contribution in [1.29, 1.82) is 0 Å². The van der Waals surface area contributed by atoms with Crippen LogP contribution in [-0.4, -0.2) is 17.7 Å². The summed E-state index contributed by atoms with van der Waals surface area (Å²) in [6.07, 6.45) is 4.26. The molecule has 1 saturated heterocycles. The Morgan fingerprint density at radius 1 is 0.957 bits per heavy atom. The van der Waals surface area contributed by atoms with E-state index in [0.717, 1.165) is 13.2 Å². The number of hydrogen-bond acceptors (Lipinski definition) is 2. The lowest BCUT2D eigenvalue weighted by molar-refractivity contribution is 0.114. The minimum atomic E-state index is -0.0107. The number of aryl methyl sites for hydroxylation is 1. The van der Waals surface area contributed by atoms with E-state index >= 15 is 0 Å². The second-order valence-corrected chi connectivity index (χ2v) is 5.94. The number of aromatic nitrogens is 1. The molecule has 0 amide bonds. The predicted molar refractivity (Wildman–Crippen MR) is 93.0 cm³/mol. The molecule has 1 aliphatic rings. The second kappa shape index (κ2) is 5.94. The minimum Gasteiger partial charge on any atom is -0.352 e. The highest BCUT2D eigenvalue weighted by atomic mass is 16.5. The zero-order valence-corrected chi connectivity index (χ0v) is 13.2. The molecule has 3 heteroatoms. The summed E-state index contributed by atoms with van der Waals surface area (Å²) in [5.41, 5.74) is 4.84. The van der Waals surface area contributed by atoms with E-state index in [0.29, 0.717) is 0 Å². The third kappa shape index (κ3) is 2.76. The predicted octanol–water partition coefficient (Wildman–Crippen LogP) is 4.32. The molecule has 1 aliphatic heterocycles. The summed E-state index contributed by atoms with van der Waals surface area (Å²) in [4.78, 5) is 2.32. The molecule has 3 aromatic rings. The van der Waals surface area contributed by atoms with Gasteiger partial charge in [-0.05, 0) is 42.8 Å². The first-order valence-electron chi connectivity index (χ1n) is 7.99. The fourth-order valence-corrected chi connectivity index (χ4v) is 3.14. The molecule has 0 spiro atoms. The van der Waals surface area contributed by atoms with Crippen LogP contribution in [0, 0.1) is 6.92 Å². The Labute approximate surface area is 136 Å². The fraction of sp³-hybridized carbons (Fsp3) is 0.200. The van der Waals surface area contributed by atoms with Crippen LogP contribution in [0.15, 0.2) is 73.1 Å². The van der Waals surface area contributed by atoms with E-state index in [1.165, 1.54) is 22.5 Å². The summed E-state index contributed by atoms with van der Waals surface area (Å²) < 4.78 is 8.15. The Balaban J connectivity index is 1.63. The highest BCUT2D eigenvalue weighted by Crippen LogP contribution is 2.32. The lowest BCUT2D eigenvalue weighted by Gasteiger charge is -2.24. The van der Waals surface area contributed by atoms with E-state index in [9.17, 15) is 0 Å². The summed E-state index contributed by atoms with van der Waals surface area (Å²) in [6, 6.07) is 21.1. The first-order chi connectivity index (χ1) is 11.3. The van der Waals surface area contributed by atoms with E-state index in [1.54, 1.807) is 0 Å². The minimum absolute atomic E-state index is 0.0107. The number of rotatable bonds is 3. The topological polar surface area (TPSA) is 17.4 Å². The van der Waals surface area contributed by atoms with Gasteiger partial charge < -0.3 is 14.2 Å². The first-order valence-corrected chi connectivity index (χ1v) is 7.99. The molecule has 0 unspecified atom stereocenters. The Bertz CT molecular complexity index is 794. The van der Waals surface area contributed by atoms with Gasteiger partial charge in [0.25, 0.3) is 0 Å². The number of ether oxygens (including phenoxy) is 1. The zero-order chi connectivity index (χ0) is 15.6. The standard InChI is InChI=1S/C20H20N2O/c1-16-6-5-9-19(14-16)21-11-10-17(15-21)20-22(12-13-23-20)18-7-3-2-4-8-18/h2-11,14-15,20H,12-13H2,1H3/t20-/m1/s1. The normalized spacial score (nSPS) is 17.6. The van der Waals surface area contributed by atoms with E-state index in [-0.39, 0.29) is 6.23 Å². The Kier molecular flexibility index (Phi) is 3.64. The van der Waals surface area contributed by atoms with Crippen molar-refractivity contribution in [3.63, 3.8) is 0 Å². The van der Waals surface area contributed by atoms with Crippen LogP contribution in [0.5, 0.6) is 0 Å². The molecule has 2 heterocycles.